The summed E-state index contributed by atoms with van der Waals surface area (Å²) in [6.45, 7) is 7.77. The lowest BCUT2D eigenvalue weighted by molar-refractivity contribution is -0.334. The van der Waals surface area contributed by atoms with Crippen LogP contribution in [-0.4, -0.2) is 210 Å². The third kappa shape index (κ3) is 17.7. The molecule has 0 spiro atoms. The number of aliphatic carboxylic acids is 1. The van der Waals surface area contributed by atoms with Gasteiger partial charge < -0.3 is 133 Å². The van der Waals surface area contributed by atoms with E-state index in [2.05, 4.69) is 47.9 Å². The zero-order valence-electron chi connectivity index (χ0n) is 58.8. The fraction of sp³-hybridized carbons (Fsp3) is 0.451. The van der Waals surface area contributed by atoms with Crippen molar-refractivity contribution in [3.05, 3.63) is 117 Å². The number of nitrogens with two attached hydrogens (primary N) is 1. The van der Waals surface area contributed by atoms with E-state index in [4.69, 9.17) is 57.4 Å². The number of rotatable bonds is 18. The van der Waals surface area contributed by atoms with Gasteiger partial charge >= 0.3 is 5.97 Å². The van der Waals surface area contributed by atoms with Gasteiger partial charge in [-0.3, -0.25) is 38.4 Å². The minimum absolute atomic E-state index is 0.106. The van der Waals surface area contributed by atoms with Crippen molar-refractivity contribution in [3.63, 3.8) is 0 Å². The Labute approximate surface area is 626 Å². The molecule has 12 rings (SSSR count). The van der Waals surface area contributed by atoms with Crippen molar-refractivity contribution in [2.45, 2.75) is 170 Å². The smallest absolute Gasteiger partial charge is 0.330 e. The summed E-state index contributed by atoms with van der Waals surface area (Å²) in [6.07, 6.45) is -18.5. The van der Waals surface area contributed by atoms with Crippen molar-refractivity contribution < 1.29 is 123 Å². The number of carboxylic acids is 1. The Morgan fingerprint density at radius 3 is 1.94 bits per heavy atom. The van der Waals surface area contributed by atoms with Crippen LogP contribution in [0.5, 0.6) is 46.0 Å². The molecule has 37 heteroatoms. The van der Waals surface area contributed by atoms with Crippen molar-refractivity contribution >= 4 is 76.4 Å². The second-order valence-electron chi connectivity index (χ2n) is 27.3. The number of benzene rings is 5. The summed E-state index contributed by atoms with van der Waals surface area (Å²) >= 11 is 14.2. The van der Waals surface area contributed by atoms with Crippen LogP contribution in [0.2, 0.25) is 10.0 Å². The van der Waals surface area contributed by atoms with Gasteiger partial charge in [0.1, 0.15) is 89.5 Å². The molecule has 0 unspecified atom stereocenters. The molecule has 8 amide bonds. The molecule has 7 aliphatic rings. The number of aromatic hydroxyl groups is 3. The van der Waals surface area contributed by atoms with Crippen molar-refractivity contribution in [2.24, 2.45) is 11.7 Å². The van der Waals surface area contributed by atoms with Crippen LogP contribution in [0.15, 0.2) is 78.9 Å². The van der Waals surface area contributed by atoms with Crippen LogP contribution in [-0.2, 0) is 57.4 Å². The first kappa shape index (κ1) is 80.8. The molecule has 11 bridgehead atoms. The lowest BCUT2D eigenvalue weighted by atomic mass is 9.85. The Morgan fingerprint density at radius 1 is 0.713 bits per heavy atom. The van der Waals surface area contributed by atoms with Crippen LogP contribution in [0.4, 0.5) is 0 Å². The Hall–Kier alpha value is -9.73. The number of phenols is 3. The molecule has 2 fully saturated rings. The highest BCUT2D eigenvalue weighted by atomic mass is 35.5. The van der Waals surface area contributed by atoms with E-state index in [1.165, 1.54) is 26.1 Å². The lowest BCUT2D eigenvalue weighted by Crippen LogP contribution is -2.66. The van der Waals surface area contributed by atoms with E-state index in [0.29, 0.717) is 0 Å². The number of carboxylic acid groups (broad SMARTS) is 1. The van der Waals surface area contributed by atoms with Gasteiger partial charge in [0.2, 0.25) is 59.3 Å². The first-order chi connectivity index (χ1) is 51.1. The SMILES string of the molecule is CCC(=O)NCCN[C@@]1(C)C[C@H](O[C@H]2[C@H](Oc3c4cc5cc3Oc3ccc(cc3Cl)[C@@H](O)[C@@H](NC(=O)[C@@H](CC(C)C)NC)C(=O)N[C@@H](CC(N)=O)C(=O)N[C@H]5C(=O)N[C@H]3C(=O)N[C@H](C(=O)N[C@@H](C(=O)O)c5cc(O)cc(O)c5-c5cc3ccc5O)[C@H](O)c3ccc(c(Cl)c3)O4)O[C@H](CO)[C@@H](O)[C@@H]2O)O[C@@H](C)[C@H]1O. The average Bonchev–Trinajstić information content (AvgIpc) is 0.766. The van der Waals surface area contributed by atoms with Gasteiger partial charge in [-0.25, -0.2) is 4.79 Å². The molecule has 0 saturated carbocycles. The van der Waals surface area contributed by atoms with E-state index < -0.39 is 237 Å². The molecular formula is C71H84Cl2N10O25. The van der Waals surface area contributed by atoms with Crippen molar-refractivity contribution in [3.8, 4) is 57.1 Å². The molecule has 0 aromatic heterocycles. The predicted octanol–water partition coefficient (Wildman–Crippen LogP) is 0.263. The first-order valence-corrected chi connectivity index (χ1v) is 35.1. The zero-order chi connectivity index (χ0) is 78.7. The summed E-state index contributed by atoms with van der Waals surface area (Å²) in [7, 11) is 1.47. The summed E-state index contributed by atoms with van der Waals surface area (Å²) in [6, 6.07) is -0.786. The number of aliphatic hydroxyl groups excluding tert-OH is 6. The van der Waals surface area contributed by atoms with Crippen LogP contribution >= 0.6 is 23.2 Å². The van der Waals surface area contributed by atoms with Crippen LogP contribution in [0.3, 0.4) is 0 Å². The number of nitrogens with one attached hydrogen (secondary N) is 9. The highest BCUT2D eigenvalue weighted by Crippen LogP contribution is 2.50. The Kier molecular flexibility index (Phi) is 25.3. The molecule has 0 aliphatic carbocycles. The fourth-order valence-corrected chi connectivity index (χ4v) is 13.8. The molecule has 5 aromatic rings. The van der Waals surface area contributed by atoms with Gasteiger partial charge in [-0.15, -0.1) is 0 Å². The third-order valence-corrected chi connectivity index (χ3v) is 19.6. The number of ether oxygens (including phenoxy) is 6. The van der Waals surface area contributed by atoms with Crippen molar-refractivity contribution in [1.82, 2.24) is 47.9 Å². The van der Waals surface area contributed by atoms with Crippen LogP contribution in [0.1, 0.15) is 118 Å². The van der Waals surface area contributed by atoms with Crippen LogP contribution in [0, 0.1) is 5.92 Å². The van der Waals surface area contributed by atoms with E-state index in [1.807, 2.05) is 13.8 Å². The number of aliphatic hydroxyl groups is 6. The van der Waals surface area contributed by atoms with E-state index >= 15 is 14.4 Å². The molecular weight excluding hydrogens is 1460 g/mol. The van der Waals surface area contributed by atoms with E-state index in [1.54, 1.807) is 13.8 Å². The highest BCUT2D eigenvalue weighted by Gasteiger charge is 2.52. The number of phenolic OH excluding ortho intramolecular Hbond substituents is 3. The van der Waals surface area contributed by atoms with Crippen molar-refractivity contribution in [1.29, 1.82) is 0 Å². The molecule has 5 aromatic carbocycles. The first-order valence-electron chi connectivity index (χ1n) is 34.3. The summed E-state index contributed by atoms with van der Waals surface area (Å²) in [5.41, 5.74) is 1.61. The topological polar surface area (TPSA) is 546 Å². The van der Waals surface area contributed by atoms with E-state index in [-0.39, 0.29) is 71.6 Å². The molecule has 18 atom stereocenters. The fourth-order valence-electron chi connectivity index (χ4n) is 13.3. The predicted molar refractivity (Wildman–Crippen MR) is 376 cm³/mol. The van der Waals surface area contributed by atoms with Gasteiger partial charge in [0, 0.05) is 54.2 Å². The summed E-state index contributed by atoms with van der Waals surface area (Å²) in [5.74, 6) is -16.4. The van der Waals surface area contributed by atoms with Gasteiger partial charge in [-0.1, -0.05) is 62.2 Å². The van der Waals surface area contributed by atoms with Gasteiger partial charge in [0.25, 0.3) is 0 Å². The number of fused-ring (bicyclic) bond motifs is 15. The van der Waals surface area contributed by atoms with Crippen molar-refractivity contribution in [2.75, 3.05) is 26.7 Å². The highest BCUT2D eigenvalue weighted by molar-refractivity contribution is 6.32. The number of halogens is 2. The zero-order valence-corrected chi connectivity index (χ0v) is 60.3. The minimum atomic E-state index is -2.36. The largest absolute Gasteiger partial charge is 0.508 e. The molecule has 582 valence electrons. The molecule has 2 saturated heterocycles. The van der Waals surface area contributed by atoms with Gasteiger partial charge in [0.05, 0.1) is 41.3 Å². The molecule has 35 nitrogen and oxygen atoms in total. The maximum absolute atomic E-state index is 16.1. The molecule has 7 aliphatic heterocycles. The molecule has 7 heterocycles. The second kappa shape index (κ2) is 33.8. The van der Waals surface area contributed by atoms with Gasteiger partial charge in [-0.2, -0.15) is 0 Å². The standard InChI is InChI=1S/C71H84Cl2N10O25/c1-7-48(89)76-14-15-77-71(5)25-49(103-28(4)62(71)94)107-61-59(93)58(92)46(26-84)106-70(61)108-60-44-20-32-21-45(60)105-43-13-10-31(19-37(43)73)57(91)55-68(100)81-53(69(101)102)35-22-33(85)23-41(87)50(35)34-17-29(8-11-40(34)86)51(65(97)83-55)80-66(98)52(32)79-64(96)39(24-47(74)88)78-67(99)54(82-63(95)38(75-6)16-27(2)3)56(90)30-9-12-42(104-44)36(72)18-30/h8-13,17-23,27-28,38-39,46,49,51-59,61-62,70,75,77,84-87,90-94H,7,14-16,24-26H2,1-6H3,(H2,74,88)(H,76,89)(H,78,99)(H,79,96)(H,80,98)(H,81,100)(H,82,95)(H,83,97)(H,101,102)/t28-,38+,39-,46+,49-,51+,52+,53+,54+,55-,56+,57+,58+,59-,61+,62+,70-,71-/m0/s1. The maximum atomic E-state index is 16.1. The Balaban J connectivity index is 1.22. The number of carbonyl (C=O) groups excluding carboxylic acids is 8. The number of hydrogen-bond donors (Lipinski definition) is 20. The normalized spacial score (nSPS) is 28.2. The van der Waals surface area contributed by atoms with Crippen LogP contribution in [0.25, 0.3) is 11.1 Å². The lowest BCUT2D eigenvalue weighted by Gasteiger charge is -2.48. The van der Waals surface area contributed by atoms with E-state index in [9.17, 15) is 79.8 Å². The number of primary amides is 1. The Bertz CT molecular complexity index is 4290. The second-order valence-corrected chi connectivity index (χ2v) is 28.1. The number of amides is 8. The summed E-state index contributed by atoms with van der Waals surface area (Å²) in [4.78, 5) is 130. The number of hydrogen-bond acceptors (Lipinski definition) is 26. The molecule has 108 heavy (non-hydrogen) atoms. The number of likely N-dealkylation sites (N-methyl/N-ethyl adjacent to an activating group) is 1. The Morgan fingerprint density at radius 2 is 1.33 bits per heavy atom. The van der Waals surface area contributed by atoms with Gasteiger partial charge in [0.15, 0.2) is 29.9 Å². The summed E-state index contributed by atoms with van der Waals surface area (Å²) < 4.78 is 39.0. The minimum Gasteiger partial charge on any atom is -0.508 e. The molecule has 0 radical (unpaired) electrons. The van der Waals surface area contributed by atoms with Gasteiger partial charge in [-0.05, 0) is 110 Å². The number of carbonyl (C=O) groups is 9. The molecule has 21 N–H and O–H groups in total. The van der Waals surface area contributed by atoms with E-state index in [0.717, 1.165) is 66.7 Å². The summed E-state index contributed by atoms with van der Waals surface area (Å²) in [5, 5.41) is 138. The maximum Gasteiger partial charge on any atom is 0.330 e. The average molecular weight is 1550 g/mol. The monoisotopic (exact) mass is 1550 g/mol. The van der Waals surface area contributed by atoms with Crippen LogP contribution < -0.4 is 67.8 Å². The quantitative estimate of drug-likeness (QED) is 0.0523. The third-order valence-electron chi connectivity index (χ3n) is 19.0.